The first-order chi connectivity index (χ1) is 18.7. The Kier molecular flexibility index (Phi) is 7.90. The van der Waals surface area contributed by atoms with E-state index in [1.807, 2.05) is 77.6 Å². The van der Waals surface area contributed by atoms with Crippen LogP contribution in [0.4, 0.5) is 11.4 Å². The molecule has 0 aliphatic heterocycles. The van der Waals surface area contributed by atoms with Crippen LogP contribution in [0.3, 0.4) is 0 Å². The molecular formula is C34H32N4. The van der Waals surface area contributed by atoms with Gasteiger partial charge in [0, 0.05) is 22.5 Å². The minimum absolute atomic E-state index is 0.502. The van der Waals surface area contributed by atoms with Crippen molar-refractivity contribution in [3.63, 3.8) is 0 Å². The molecule has 38 heavy (non-hydrogen) atoms. The van der Waals surface area contributed by atoms with Gasteiger partial charge >= 0.3 is 0 Å². The summed E-state index contributed by atoms with van der Waals surface area (Å²) < 4.78 is 0. The van der Waals surface area contributed by atoms with Gasteiger partial charge in [-0.25, -0.2) is 0 Å². The van der Waals surface area contributed by atoms with E-state index in [1.54, 1.807) is 0 Å². The van der Waals surface area contributed by atoms with Gasteiger partial charge < -0.3 is 5.32 Å². The van der Waals surface area contributed by atoms with Crippen LogP contribution in [0.15, 0.2) is 133 Å². The summed E-state index contributed by atoms with van der Waals surface area (Å²) in [6, 6.07) is 45.4. The van der Waals surface area contributed by atoms with Crippen LogP contribution in [0.1, 0.15) is 13.8 Å². The van der Waals surface area contributed by atoms with Crippen molar-refractivity contribution >= 4 is 22.4 Å². The average Bonchev–Trinajstić information content (AvgIpc) is 3.38. The number of fused-ring (bicyclic) bond motifs is 1. The lowest BCUT2D eigenvalue weighted by molar-refractivity contribution is 0.442. The highest BCUT2D eigenvalue weighted by Gasteiger charge is 2.15. The summed E-state index contributed by atoms with van der Waals surface area (Å²) in [7, 11) is 0. The molecule has 0 radical (unpaired) electrons. The van der Waals surface area contributed by atoms with Gasteiger partial charge in [0.25, 0.3) is 0 Å². The largest absolute Gasteiger partial charge is 0.356 e. The van der Waals surface area contributed by atoms with Crippen LogP contribution >= 0.6 is 0 Å². The second-order valence-electron chi connectivity index (χ2n) is 9.60. The van der Waals surface area contributed by atoms with Crippen molar-refractivity contribution in [1.29, 1.82) is 0 Å². The number of rotatable bonds is 6. The molecule has 1 N–H and O–H groups in total. The van der Waals surface area contributed by atoms with Gasteiger partial charge in [0.05, 0.1) is 6.54 Å². The first-order valence-corrected chi connectivity index (χ1v) is 13.0. The Hall–Kier alpha value is -4.70. The highest BCUT2D eigenvalue weighted by atomic mass is 15.5. The number of nitrogens with zero attached hydrogens (tertiary/aromatic N) is 3. The van der Waals surface area contributed by atoms with Crippen LogP contribution in [0.2, 0.25) is 0 Å². The summed E-state index contributed by atoms with van der Waals surface area (Å²) in [5.74, 6) is 0.502. The number of hydrogen-bond donors (Lipinski definition) is 1. The van der Waals surface area contributed by atoms with Gasteiger partial charge in [0.15, 0.2) is 0 Å². The van der Waals surface area contributed by atoms with E-state index in [2.05, 4.69) is 79.8 Å². The fraction of sp³-hybridized carbons (Fsp3) is 0.118. The van der Waals surface area contributed by atoms with Crippen molar-refractivity contribution < 1.29 is 0 Å². The molecule has 0 bridgehead atoms. The predicted molar refractivity (Wildman–Crippen MR) is 159 cm³/mol. The van der Waals surface area contributed by atoms with Crippen LogP contribution < -0.4 is 5.32 Å². The minimum atomic E-state index is 0.502. The molecule has 0 saturated carbocycles. The van der Waals surface area contributed by atoms with Crippen LogP contribution in [0.5, 0.6) is 0 Å². The Balaban J connectivity index is 0.000000190. The smallest absolute Gasteiger partial charge is 0.121 e. The molecule has 0 unspecified atom stereocenters. The van der Waals surface area contributed by atoms with Crippen LogP contribution in [0, 0.1) is 5.92 Å². The molecule has 0 spiro atoms. The molecule has 0 atom stereocenters. The maximum Gasteiger partial charge on any atom is 0.121 e. The third-order valence-corrected chi connectivity index (χ3v) is 6.12. The zero-order valence-corrected chi connectivity index (χ0v) is 21.8. The van der Waals surface area contributed by atoms with Crippen molar-refractivity contribution in [2.75, 3.05) is 5.32 Å². The Labute approximate surface area is 224 Å². The maximum absolute atomic E-state index is 4.82. The SMILES string of the molecule is CC(C)Cn1nc2c(-c3ccccc3)ccc(-c3ccccc3)c2n1.c1ccc(Nc2ccccc2)cc1. The minimum Gasteiger partial charge on any atom is -0.356 e. The third-order valence-electron chi connectivity index (χ3n) is 6.12. The second kappa shape index (κ2) is 12.0. The lowest BCUT2D eigenvalue weighted by Gasteiger charge is -2.06. The highest BCUT2D eigenvalue weighted by molar-refractivity contribution is 6.00. The molecule has 5 aromatic carbocycles. The van der Waals surface area contributed by atoms with E-state index in [9.17, 15) is 0 Å². The summed E-state index contributed by atoms with van der Waals surface area (Å²) in [5, 5.41) is 12.9. The Morgan fingerprint density at radius 2 is 0.895 bits per heavy atom. The molecule has 4 nitrogen and oxygen atoms in total. The van der Waals surface area contributed by atoms with Gasteiger partial charge in [0.2, 0.25) is 0 Å². The molecule has 6 aromatic rings. The molecule has 0 fully saturated rings. The summed E-state index contributed by atoms with van der Waals surface area (Å²) in [6.45, 7) is 5.19. The molecule has 188 valence electrons. The van der Waals surface area contributed by atoms with E-state index in [1.165, 1.54) is 11.1 Å². The Morgan fingerprint density at radius 1 is 0.526 bits per heavy atom. The number of hydrogen-bond acceptors (Lipinski definition) is 3. The zero-order valence-electron chi connectivity index (χ0n) is 21.8. The zero-order chi connectivity index (χ0) is 26.2. The molecule has 4 heteroatoms. The first-order valence-electron chi connectivity index (χ1n) is 13.0. The van der Waals surface area contributed by atoms with E-state index in [-0.39, 0.29) is 0 Å². The van der Waals surface area contributed by atoms with Crippen molar-refractivity contribution in [2.45, 2.75) is 20.4 Å². The molecule has 0 saturated heterocycles. The molecule has 6 rings (SSSR count). The van der Waals surface area contributed by atoms with Crippen LogP contribution in [0.25, 0.3) is 33.3 Å². The van der Waals surface area contributed by atoms with Gasteiger partial charge in [-0.1, -0.05) is 123 Å². The Bertz CT molecular complexity index is 1440. The molecule has 0 aliphatic rings. The fourth-order valence-electron chi connectivity index (χ4n) is 4.35. The van der Waals surface area contributed by atoms with Gasteiger partial charge in [0.1, 0.15) is 11.0 Å². The first kappa shape index (κ1) is 25.0. The quantitative estimate of drug-likeness (QED) is 0.250. The number of anilines is 2. The summed E-state index contributed by atoms with van der Waals surface area (Å²) in [5.41, 5.74) is 8.77. The van der Waals surface area contributed by atoms with Crippen LogP contribution in [-0.2, 0) is 6.54 Å². The number of nitrogens with one attached hydrogen (secondary N) is 1. The number of para-hydroxylation sites is 2. The monoisotopic (exact) mass is 496 g/mol. The second-order valence-corrected chi connectivity index (χ2v) is 9.60. The predicted octanol–water partition coefficient (Wildman–Crippen LogP) is 8.85. The highest BCUT2D eigenvalue weighted by Crippen LogP contribution is 2.33. The number of benzene rings is 5. The molecule has 1 aromatic heterocycles. The van der Waals surface area contributed by atoms with Gasteiger partial charge in [-0.2, -0.15) is 15.0 Å². The lowest BCUT2D eigenvalue weighted by atomic mass is 9.98. The molecule has 0 aliphatic carbocycles. The molecule has 0 amide bonds. The lowest BCUT2D eigenvalue weighted by Crippen LogP contribution is -2.07. The average molecular weight is 497 g/mol. The fourth-order valence-corrected chi connectivity index (χ4v) is 4.35. The van der Waals surface area contributed by atoms with Crippen molar-refractivity contribution in [1.82, 2.24) is 15.0 Å². The third kappa shape index (κ3) is 6.16. The van der Waals surface area contributed by atoms with Crippen molar-refractivity contribution in [3.05, 3.63) is 133 Å². The topological polar surface area (TPSA) is 42.7 Å². The van der Waals surface area contributed by atoms with Gasteiger partial charge in [-0.3, -0.25) is 0 Å². The van der Waals surface area contributed by atoms with E-state index in [0.717, 1.165) is 40.1 Å². The van der Waals surface area contributed by atoms with E-state index in [0.29, 0.717) is 5.92 Å². The Morgan fingerprint density at radius 3 is 1.26 bits per heavy atom. The van der Waals surface area contributed by atoms with Crippen LogP contribution in [-0.4, -0.2) is 15.0 Å². The maximum atomic E-state index is 4.82. The van der Waals surface area contributed by atoms with E-state index < -0.39 is 0 Å². The normalized spacial score (nSPS) is 10.7. The summed E-state index contributed by atoms with van der Waals surface area (Å²) in [4.78, 5) is 1.84. The standard InChI is InChI=1S/C22H21N3.C12H11N/c1-16(2)15-25-23-21-19(17-9-5-3-6-10-17)13-14-20(22(21)24-25)18-11-7-4-8-12-18;1-3-7-11(8-4-1)13-12-9-5-2-6-10-12/h3-14,16H,15H2,1-2H3;1-10,13H. The van der Waals surface area contributed by atoms with E-state index in [4.69, 9.17) is 10.2 Å². The van der Waals surface area contributed by atoms with Gasteiger partial charge in [-0.05, 0) is 41.3 Å². The molecule has 1 heterocycles. The van der Waals surface area contributed by atoms with E-state index >= 15 is 0 Å². The van der Waals surface area contributed by atoms with Crippen molar-refractivity contribution in [2.24, 2.45) is 5.92 Å². The number of aromatic nitrogens is 3. The molecular weight excluding hydrogens is 464 g/mol. The van der Waals surface area contributed by atoms with Crippen molar-refractivity contribution in [3.8, 4) is 22.3 Å². The summed E-state index contributed by atoms with van der Waals surface area (Å²) >= 11 is 0. The summed E-state index contributed by atoms with van der Waals surface area (Å²) in [6.07, 6.45) is 0. The van der Waals surface area contributed by atoms with Gasteiger partial charge in [-0.15, -0.1) is 0 Å².